The van der Waals surface area contributed by atoms with Gasteiger partial charge in [-0.15, -0.1) is 0 Å². The van der Waals surface area contributed by atoms with Crippen LogP contribution in [0.2, 0.25) is 0 Å². The quantitative estimate of drug-likeness (QED) is 0.390. The van der Waals surface area contributed by atoms with Gasteiger partial charge in [0.15, 0.2) is 16.7 Å². The smallest absolute Gasteiger partial charge is 0.243 e. The van der Waals surface area contributed by atoms with Gasteiger partial charge in [0, 0.05) is 24.7 Å². The minimum atomic E-state index is -1.01. The van der Waals surface area contributed by atoms with Crippen molar-refractivity contribution in [3.63, 3.8) is 0 Å². The molecular weight excluding hydrogens is 350 g/mol. The van der Waals surface area contributed by atoms with Crippen LogP contribution in [-0.2, 0) is 9.53 Å². The number of anilines is 1. The summed E-state index contributed by atoms with van der Waals surface area (Å²) in [6.07, 6.45) is 0.970. The second-order valence-corrected chi connectivity index (χ2v) is 6.16. The Kier molecular flexibility index (Phi) is 7.96. The lowest BCUT2D eigenvalue weighted by molar-refractivity contribution is -0.908. The van der Waals surface area contributed by atoms with Gasteiger partial charge in [0.25, 0.3) is 0 Å². The lowest BCUT2D eigenvalue weighted by Crippen LogP contribution is -3.14. The van der Waals surface area contributed by atoms with Crippen LogP contribution in [0, 0.1) is 11.6 Å². The fourth-order valence-corrected chi connectivity index (χ4v) is 2.63. The number of carbonyl (C=O) groups is 1. The summed E-state index contributed by atoms with van der Waals surface area (Å²) in [5, 5.41) is 8.68. The van der Waals surface area contributed by atoms with Crippen molar-refractivity contribution in [1.29, 1.82) is 0 Å². The molecule has 138 valence electrons. The van der Waals surface area contributed by atoms with E-state index >= 15 is 0 Å². The van der Waals surface area contributed by atoms with E-state index in [0.717, 1.165) is 57.9 Å². The van der Waals surface area contributed by atoms with Gasteiger partial charge in [-0.2, -0.15) is 0 Å². The van der Waals surface area contributed by atoms with Crippen molar-refractivity contribution in [2.24, 2.45) is 0 Å². The van der Waals surface area contributed by atoms with E-state index in [1.165, 1.54) is 11.0 Å². The first-order valence-electron chi connectivity index (χ1n) is 8.22. The molecule has 1 fully saturated rings. The molecule has 9 heteroatoms. The molecule has 2 rings (SSSR count). The van der Waals surface area contributed by atoms with Crippen LogP contribution in [0.3, 0.4) is 0 Å². The highest BCUT2D eigenvalue weighted by Crippen LogP contribution is 2.12. The monoisotopic (exact) mass is 373 g/mol. The summed E-state index contributed by atoms with van der Waals surface area (Å²) in [6, 6.07) is 3.18. The normalized spacial score (nSPS) is 14.8. The largest absolute Gasteiger partial charge is 0.370 e. The molecule has 4 N–H and O–H groups in total. The van der Waals surface area contributed by atoms with Crippen molar-refractivity contribution in [1.82, 2.24) is 10.6 Å². The molecule has 0 spiro atoms. The van der Waals surface area contributed by atoms with Gasteiger partial charge < -0.3 is 25.6 Å². The lowest BCUT2D eigenvalue weighted by Gasteiger charge is -2.23. The third-order valence-electron chi connectivity index (χ3n) is 3.81. The van der Waals surface area contributed by atoms with E-state index in [1.54, 1.807) is 0 Å². The van der Waals surface area contributed by atoms with Gasteiger partial charge in [0.2, 0.25) is 5.91 Å². The Morgan fingerprint density at radius 1 is 1.20 bits per heavy atom. The van der Waals surface area contributed by atoms with E-state index in [2.05, 4.69) is 16.0 Å². The highest BCUT2D eigenvalue weighted by molar-refractivity contribution is 7.80. The maximum absolute atomic E-state index is 13.1. The predicted octanol–water partition coefficient (Wildman–Crippen LogP) is -0.327. The third kappa shape index (κ3) is 7.29. The maximum Gasteiger partial charge on any atom is 0.243 e. The Morgan fingerprint density at radius 2 is 1.96 bits per heavy atom. The Balaban J connectivity index is 1.57. The third-order valence-corrected chi connectivity index (χ3v) is 4.09. The minimum absolute atomic E-state index is 0.0560. The first-order valence-corrected chi connectivity index (χ1v) is 8.63. The zero-order valence-electron chi connectivity index (χ0n) is 13.9. The molecule has 1 amide bonds. The number of benzene rings is 1. The second kappa shape index (κ2) is 10.2. The molecule has 0 aromatic heterocycles. The van der Waals surface area contributed by atoms with Crippen molar-refractivity contribution in [2.75, 3.05) is 51.3 Å². The van der Waals surface area contributed by atoms with Crippen molar-refractivity contribution in [2.45, 2.75) is 6.42 Å². The SMILES string of the molecule is O=C(CNC(=S)NCCC[NH+]1CCOCC1)Nc1ccc(F)c(F)c1. The van der Waals surface area contributed by atoms with Crippen LogP contribution in [-0.4, -0.2) is 57.0 Å². The van der Waals surface area contributed by atoms with Crippen LogP contribution >= 0.6 is 12.2 Å². The van der Waals surface area contributed by atoms with Gasteiger partial charge in [0.1, 0.15) is 13.1 Å². The molecule has 1 aromatic rings. The van der Waals surface area contributed by atoms with E-state index < -0.39 is 17.5 Å². The Morgan fingerprint density at radius 3 is 2.68 bits per heavy atom. The molecule has 0 radical (unpaired) electrons. The van der Waals surface area contributed by atoms with Gasteiger partial charge in [0.05, 0.1) is 26.3 Å². The predicted molar refractivity (Wildman–Crippen MR) is 94.6 cm³/mol. The molecule has 1 heterocycles. The minimum Gasteiger partial charge on any atom is -0.370 e. The first-order chi connectivity index (χ1) is 12.0. The van der Waals surface area contributed by atoms with Gasteiger partial charge in [-0.05, 0) is 24.4 Å². The fourth-order valence-electron chi connectivity index (χ4n) is 2.45. The number of thiocarbonyl (C=S) groups is 1. The Bertz CT molecular complexity index is 597. The number of nitrogens with one attached hydrogen (secondary N) is 4. The number of quaternary nitrogens is 1. The van der Waals surface area contributed by atoms with Crippen LogP contribution in [0.25, 0.3) is 0 Å². The summed E-state index contributed by atoms with van der Waals surface area (Å²) in [6.45, 7) is 5.42. The average Bonchev–Trinajstić information content (AvgIpc) is 2.61. The first kappa shape index (κ1) is 19.5. The molecule has 25 heavy (non-hydrogen) atoms. The number of carbonyl (C=O) groups excluding carboxylic acids is 1. The van der Waals surface area contributed by atoms with Gasteiger partial charge >= 0.3 is 0 Å². The standard InChI is InChI=1S/C16H22F2N4O2S/c17-13-3-2-12(10-14(13)18)21-15(23)11-20-16(25)19-4-1-5-22-6-8-24-9-7-22/h2-3,10H,1,4-9,11H2,(H,21,23)(H2,19,20,25)/p+1. The molecular formula is C16H23F2N4O2S+. The molecule has 0 saturated carbocycles. The summed E-state index contributed by atoms with van der Waals surface area (Å²) < 4.78 is 31.2. The second-order valence-electron chi connectivity index (χ2n) is 5.75. The van der Waals surface area contributed by atoms with E-state index in [4.69, 9.17) is 17.0 Å². The Labute approximate surface area is 150 Å². The zero-order valence-corrected chi connectivity index (χ0v) is 14.7. The molecule has 1 aliphatic rings. The topological polar surface area (TPSA) is 66.8 Å². The van der Waals surface area contributed by atoms with Gasteiger partial charge in [-0.25, -0.2) is 8.78 Å². The molecule has 1 aromatic carbocycles. The van der Waals surface area contributed by atoms with Crippen molar-refractivity contribution in [3.8, 4) is 0 Å². The molecule has 0 aliphatic carbocycles. The van der Waals surface area contributed by atoms with Crippen LogP contribution in [0.5, 0.6) is 0 Å². The van der Waals surface area contributed by atoms with Crippen molar-refractivity contribution < 1.29 is 23.2 Å². The number of ether oxygens (including phenoxy) is 1. The molecule has 1 aliphatic heterocycles. The zero-order chi connectivity index (χ0) is 18.1. The van der Waals surface area contributed by atoms with Crippen molar-refractivity contribution in [3.05, 3.63) is 29.8 Å². The van der Waals surface area contributed by atoms with Crippen molar-refractivity contribution >= 4 is 28.9 Å². The summed E-state index contributed by atoms with van der Waals surface area (Å²) in [7, 11) is 0. The number of hydrogen-bond acceptors (Lipinski definition) is 3. The molecule has 1 saturated heterocycles. The molecule has 0 atom stereocenters. The number of rotatable bonds is 7. The van der Waals surface area contributed by atoms with E-state index in [9.17, 15) is 13.6 Å². The number of hydrogen-bond donors (Lipinski definition) is 4. The van der Waals surface area contributed by atoms with E-state index in [1.807, 2.05) is 0 Å². The number of amides is 1. The van der Waals surface area contributed by atoms with Crippen LogP contribution in [0.15, 0.2) is 18.2 Å². The number of morpholine rings is 1. The maximum atomic E-state index is 13.1. The van der Waals surface area contributed by atoms with Crippen LogP contribution < -0.4 is 20.9 Å². The number of halogens is 2. The van der Waals surface area contributed by atoms with E-state index in [0.29, 0.717) is 5.11 Å². The van der Waals surface area contributed by atoms with Gasteiger partial charge in [-0.3, -0.25) is 4.79 Å². The fraction of sp³-hybridized carbons (Fsp3) is 0.500. The Hall–Kier alpha value is -1.84. The highest BCUT2D eigenvalue weighted by atomic mass is 32.1. The lowest BCUT2D eigenvalue weighted by atomic mass is 10.3. The highest BCUT2D eigenvalue weighted by Gasteiger charge is 2.12. The van der Waals surface area contributed by atoms with Crippen LogP contribution in [0.1, 0.15) is 6.42 Å². The average molecular weight is 373 g/mol. The summed E-state index contributed by atoms with van der Waals surface area (Å²) in [4.78, 5) is 13.3. The summed E-state index contributed by atoms with van der Waals surface area (Å²) in [5.41, 5.74) is 0.193. The molecule has 0 bridgehead atoms. The summed E-state index contributed by atoms with van der Waals surface area (Å²) in [5.74, 6) is -2.36. The molecule has 0 unspecified atom stereocenters. The van der Waals surface area contributed by atoms with Crippen LogP contribution in [0.4, 0.5) is 14.5 Å². The summed E-state index contributed by atoms with van der Waals surface area (Å²) >= 11 is 5.11. The van der Waals surface area contributed by atoms with Gasteiger partial charge in [-0.1, -0.05) is 0 Å². The molecule has 6 nitrogen and oxygen atoms in total. The van der Waals surface area contributed by atoms with E-state index in [-0.39, 0.29) is 12.2 Å².